The molecule has 2 aliphatic heterocycles. The molecule has 2 heterocycles. The Morgan fingerprint density at radius 1 is 1.14 bits per heavy atom. The summed E-state index contributed by atoms with van der Waals surface area (Å²) in [7, 11) is -1.46. The fraction of sp³-hybridized carbons (Fsp3) is 0.333. The molecule has 2 aromatic carbocycles. The van der Waals surface area contributed by atoms with E-state index in [2.05, 4.69) is 4.99 Å². The molecule has 0 aliphatic carbocycles. The van der Waals surface area contributed by atoms with Crippen molar-refractivity contribution in [3.8, 4) is 5.75 Å². The molecule has 2 aromatic rings. The largest absolute Gasteiger partial charge is 0.497 e. The summed E-state index contributed by atoms with van der Waals surface area (Å²) < 4.78 is 29.6. The first-order valence-corrected chi connectivity index (χ1v) is 12.1. The van der Waals surface area contributed by atoms with Gasteiger partial charge in [0.2, 0.25) is 0 Å². The molecule has 0 spiro atoms. The Bertz CT molecular complexity index is 1040. The van der Waals surface area contributed by atoms with E-state index in [0.29, 0.717) is 11.7 Å². The molecule has 6 nitrogen and oxygen atoms in total. The molecule has 0 N–H and O–H groups in total. The zero-order valence-electron chi connectivity index (χ0n) is 16.0. The smallest absolute Gasteiger partial charge is 0.252 e. The number of thioether (sulfide) groups is 1. The predicted molar refractivity (Wildman–Crippen MR) is 115 cm³/mol. The zero-order valence-corrected chi connectivity index (χ0v) is 17.7. The average molecular weight is 431 g/mol. The number of nitrogens with zero attached hydrogens (tertiary/aromatic N) is 2. The van der Waals surface area contributed by atoms with E-state index in [1.165, 1.54) is 11.8 Å². The van der Waals surface area contributed by atoms with E-state index >= 15 is 0 Å². The van der Waals surface area contributed by atoms with E-state index in [9.17, 15) is 13.2 Å². The number of benzene rings is 2. The van der Waals surface area contributed by atoms with Crippen molar-refractivity contribution >= 4 is 32.7 Å². The van der Waals surface area contributed by atoms with Crippen LogP contribution in [0.2, 0.25) is 0 Å². The van der Waals surface area contributed by atoms with Crippen LogP contribution in [-0.4, -0.2) is 54.3 Å². The van der Waals surface area contributed by atoms with Crippen LogP contribution in [0.3, 0.4) is 0 Å². The summed E-state index contributed by atoms with van der Waals surface area (Å²) in [6.07, 6.45) is 0.228. The van der Waals surface area contributed by atoms with Crippen LogP contribution in [0.25, 0.3) is 0 Å². The van der Waals surface area contributed by atoms with Crippen molar-refractivity contribution in [3.63, 3.8) is 0 Å². The van der Waals surface area contributed by atoms with Crippen LogP contribution in [0.4, 0.5) is 0 Å². The quantitative estimate of drug-likeness (QED) is 0.726. The molecule has 2 aliphatic rings. The number of methoxy groups -OCH3 is 1. The van der Waals surface area contributed by atoms with E-state index in [1.54, 1.807) is 7.11 Å². The average Bonchev–Trinajstić information content (AvgIpc) is 3.15. The van der Waals surface area contributed by atoms with Crippen LogP contribution in [0.5, 0.6) is 5.75 Å². The molecule has 29 heavy (non-hydrogen) atoms. The molecule has 0 aromatic heterocycles. The first kappa shape index (κ1) is 20.0. The molecule has 0 unspecified atom stereocenters. The minimum Gasteiger partial charge on any atom is -0.497 e. The normalized spacial score (nSPS) is 23.9. The van der Waals surface area contributed by atoms with Crippen LogP contribution in [0, 0.1) is 0 Å². The maximum atomic E-state index is 12.5. The summed E-state index contributed by atoms with van der Waals surface area (Å²) >= 11 is 1.40. The standard InChI is InChI=1S/C21H22N2O4S2/c1-27-17-9-5-8-16(10-17)12-23-18-13-29(25,26)14-19(18)28-21(23)22-20(24)11-15-6-3-2-4-7-15/h2-10,18-19H,11-14H2,1H3/t18-,19-/m0/s1. The van der Waals surface area contributed by atoms with Gasteiger partial charge in [0.15, 0.2) is 15.0 Å². The SMILES string of the molecule is COc1cccc(CN2C(=NC(=O)Cc3ccccc3)S[C@H]3CS(=O)(=O)C[C@@H]32)c1. The van der Waals surface area contributed by atoms with E-state index in [1.807, 2.05) is 59.5 Å². The van der Waals surface area contributed by atoms with Gasteiger partial charge >= 0.3 is 0 Å². The number of carbonyl (C=O) groups is 1. The molecule has 2 fully saturated rings. The van der Waals surface area contributed by atoms with E-state index < -0.39 is 9.84 Å². The molecular formula is C21H22N2O4S2. The number of rotatable bonds is 5. The van der Waals surface area contributed by atoms with Crippen LogP contribution in [0.15, 0.2) is 59.6 Å². The van der Waals surface area contributed by atoms with Gasteiger partial charge < -0.3 is 9.64 Å². The van der Waals surface area contributed by atoms with Crippen molar-refractivity contribution in [1.29, 1.82) is 0 Å². The molecule has 8 heteroatoms. The molecule has 0 bridgehead atoms. The summed E-state index contributed by atoms with van der Waals surface area (Å²) in [5.41, 5.74) is 1.89. The lowest BCUT2D eigenvalue weighted by molar-refractivity contribution is -0.117. The molecular weight excluding hydrogens is 408 g/mol. The third-order valence-electron chi connectivity index (χ3n) is 5.08. The Labute approximate surface area is 174 Å². The van der Waals surface area contributed by atoms with Crippen molar-refractivity contribution in [2.24, 2.45) is 4.99 Å². The third kappa shape index (κ3) is 4.64. The van der Waals surface area contributed by atoms with Gasteiger partial charge in [-0.05, 0) is 23.3 Å². The van der Waals surface area contributed by atoms with E-state index in [0.717, 1.165) is 16.9 Å². The highest BCUT2D eigenvalue weighted by atomic mass is 32.2. The molecule has 2 atom stereocenters. The van der Waals surface area contributed by atoms with Crippen molar-refractivity contribution in [2.45, 2.75) is 24.3 Å². The summed E-state index contributed by atoms with van der Waals surface area (Å²) in [5.74, 6) is 0.740. The Kier molecular flexibility index (Phi) is 5.65. The number of amides is 1. The van der Waals surface area contributed by atoms with Crippen molar-refractivity contribution in [2.75, 3.05) is 18.6 Å². The van der Waals surface area contributed by atoms with Crippen LogP contribution in [-0.2, 0) is 27.6 Å². The highest BCUT2D eigenvalue weighted by molar-refractivity contribution is 8.15. The Morgan fingerprint density at radius 2 is 1.90 bits per heavy atom. The monoisotopic (exact) mass is 430 g/mol. The van der Waals surface area contributed by atoms with Gasteiger partial charge in [0, 0.05) is 11.8 Å². The lowest BCUT2D eigenvalue weighted by Crippen LogP contribution is -2.37. The lowest BCUT2D eigenvalue weighted by atomic mass is 10.1. The minimum atomic E-state index is -3.07. The summed E-state index contributed by atoms with van der Waals surface area (Å²) in [6, 6.07) is 17.0. The minimum absolute atomic E-state index is 0.0890. The van der Waals surface area contributed by atoms with Crippen LogP contribution >= 0.6 is 11.8 Å². The predicted octanol–water partition coefficient (Wildman–Crippen LogP) is 2.53. The van der Waals surface area contributed by atoms with Crippen molar-refractivity contribution in [1.82, 2.24) is 4.90 Å². The number of aliphatic imine (C=N–C) groups is 1. The van der Waals surface area contributed by atoms with Crippen molar-refractivity contribution in [3.05, 3.63) is 65.7 Å². The third-order valence-corrected chi connectivity index (χ3v) is 8.33. The van der Waals surface area contributed by atoms with Gasteiger partial charge in [-0.2, -0.15) is 4.99 Å². The fourth-order valence-corrected chi connectivity index (χ4v) is 7.67. The Morgan fingerprint density at radius 3 is 2.66 bits per heavy atom. The van der Waals surface area contributed by atoms with Gasteiger partial charge in [0.1, 0.15) is 5.75 Å². The highest BCUT2D eigenvalue weighted by Crippen LogP contribution is 2.39. The molecule has 4 rings (SSSR count). The number of hydrogen-bond acceptors (Lipinski definition) is 5. The van der Waals surface area contributed by atoms with Gasteiger partial charge in [-0.1, -0.05) is 54.2 Å². The molecule has 2 saturated heterocycles. The second-order valence-corrected chi connectivity index (χ2v) is 10.6. The maximum absolute atomic E-state index is 12.5. The van der Waals surface area contributed by atoms with E-state index in [-0.39, 0.29) is 35.1 Å². The zero-order chi connectivity index (χ0) is 20.4. The first-order chi connectivity index (χ1) is 13.9. The number of fused-ring (bicyclic) bond motifs is 1. The molecule has 1 amide bonds. The second-order valence-electron chi connectivity index (χ2n) is 7.23. The number of carbonyl (C=O) groups excluding carboxylic acids is 1. The van der Waals surface area contributed by atoms with Gasteiger partial charge in [0.05, 0.1) is 31.1 Å². The van der Waals surface area contributed by atoms with Gasteiger partial charge in [0.25, 0.3) is 5.91 Å². The fourth-order valence-electron chi connectivity index (χ4n) is 3.70. The molecule has 152 valence electrons. The summed E-state index contributed by atoms with van der Waals surface area (Å²) in [6.45, 7) is 0.484. The van der Waals surface area contributed by atoms with Gasteiger partial charge in [-0.25, -0.2) is 8.42 Å². The van der Waals surface area contributed by atoms with Crippen LogP contribution in [0.1, 0.15) is 11.1 Å². The first-order valence-electron chi connectivity index (χ1n) is 9.35. The molecule has 0 saturated carbocycles. The number of amidine groups is 1. The molecule has 0 radical (unpaired) electrons. The number of sulfone groups is 1. The van der Waals surface area contributed by atoms with Crippen LogP contribution < -0.4 is 4.74 Å². The Hall–Kier alpha value is -2.32. The summed E-state index contributed by atoms with van der Waals surface area (Å²) in [4.78, 5) is 18.9. The van der Waals surface area contributed by atoms with Gasteiger partial charge in [-0.3, -0.25) is 4.79 Å². The number of ether oxygens (including phenoxy) is 1. The Balaban J connectivity index is 1.58. The second kappa shape index (κ2) is 8.20. The lowest BCUT2D eigenvalue weighted by Gasteiger charge is -2.24. The summed E-state index contributed by atoms with van der Waals surface area (Å²) in [5, 5.41) is 0.521. The van der Waals surface area contributed by atoms with Gasteiger partial charge in [-0.15, -0.1) is 0 Å². The maximum Gasteiger partial charge on any atom is 0.252 e. The van der Waals surface area contributed by atoms with E-state index in [4.69, 9.17) is 4.74 Å². The highest BCUT2D eigenvalue weighted by Gasteiger charge is 2.48. The van der Waals surface area contributed by atoms with Crippen molar-refractivity contribution < 1.29 is 17.9 Å². The topological polar surface area (TPSA) is 76.0 Å². The number of hydrogen-bond donors (Lipinski definition) is 0.